The SMILES string of the molecule is CC(CNC(=O)c1ccc(Br)cc1Cl)C(=O)O. The molecule has 4 nitrogen and oxygen atoms in total. The molecule has 1 amide bonds. The molecule has 1 aromatic carbocycles. The largest absolute Gasteiger partial charge is 0.481 e. The Bertz CT molecular complexity index is 450. The Balaban J connectivity index is 2.67. The van der Waals surface area contributed by atoms with E-state index < -0.39 is 11.9 Å². The number of carboxylic acids is 1. The van der Waals surface area contributed by atoms with Gasteiger partial charge in [-0.05, 0) is 18.2 Å². The molecule has 0 aliphatic carbocycles. The van der Waals surface area contributed by atoms with E-state index in [0.29, 0.717) is 10.6 Å². The molecular weight excluding hydrogens is 309 g/mol. The molecule has 0 aliphatic heterocycles. The van der Waals surface area contributed by atoms with Crippen LogP contribution in [0.5, 0.6) is 0 Å². The van der Waals surface area contributed by atoms with Gasteiger partial charge in [-0.1, -0.05) is 34.5 Å². The summed E-state index contributed by atoms with van der Waals surface area (Å²) in [5.74, 6) is -1.96. The van der Waals surface area contributed by atoms with Gasteiger partial charge in [0, 0.05) is 11.0 Å². The summed E-state index contributed by atoms with van der Waals surface area (Å²) in [6, 6.07) is 4.88. The number of nitrogens with one attached hydrogen (secondary N) is 1. The summed E-state index contributed by atoms with van der Waals surface area (Å²) in [6.45, 7) is 1.59. The zero-order valence-electron chi connectivity index (χ0n) is 9.04. The highest BCUT2D eigenvalue weighted by molar-refractivity contribution is 9.10. The van der Waals surface area contributed by atoms with Crippen molar-refractivity contribution in [3.05, 3.63) is 33.3 Å². The highest BCUT2D eigenvalue weighted by Gasteiger charge is 2.14. The lowest BCUT2D eigenvalue weighted by Crippen LogP contribution is -2.31. The Kier molecular flexibility index (Phi) is 4.96. The van der Waals surface area contributed by atoms with Gasteiger partial charge in [-0.2, -0.15) is 0 Å². The highest BCUT2D eigenvalue weighted by Crippen LogP contribution is 2.21. The van der Waals surface area contributed by atoms with E-state index in [-0.39, 0.29) is 12.5 Å². The van der Waals surface area contributed by atoms with Gasteiger partial charge in [0.15, 0.2) is 0 Å². The number of carboxylic acid groups (broad SMARTS) is 1. The lowest BCUT2D eigenvalue weighted by molar-refractivity contribution is -0.140. The molecule has 1 unspecified atom stereocenters. The van der Waals surface area contributed by atoms with Crippen molar-refractivity contribution >= 4 is 39.4 Å². The van der Waals surface area contributed by atoms with Gasteiger partial charge in [0.1, 0.15) is 0 Å². The minimum atomic E-state index is -0.952. The molecule has 0 saturated carbocycles. The van der Waals surface area contributed by atoms with E-state index in [9.17, 15) is 9.59 Å². The van der Waals surface area contributed by atoms with Crippen LogP contribution < -0.4 is 5.32 Å². The molecule has 1 atom stereocenters. The summed E-state index contributed by atoms with van der Waals surface area (Å²) in [7, 11) is 0. The first kappa shape index (κ1) is 14.0. The maximum absolute atomic E-state index is 11.7. The first-order valence-electron chi connectivity index (χ1n) is 4.88. The molecule has 6 heteroatoms. The van der Waals surface area contributed by atoms with Gasteiger partial charge >= 0.3 is 5.97 Å². The van der Waals surface area contributed by atoms with E-state index in [0.717, 1.165) is 4.47 Å². The molecule has 17 heavy (non-hydrogen) atoms. The molecule has 0 heterocycles. The number of carbonyl (C=O) groups is 2. The number of benzene rings is 1. The highest BCUT2D eigenvalue weighted by atomic mass is 79.9. The topological polar surface area (TPSA) is 66.4 Å². The quantitative estimate of drug-likeness (QED) is 0.896. The van der Waals surface area contributed by atoms with Gasteiger partial charge in [0.05, 0.1) is 16.5 Å². The van der Waals surface area contributed by atoms with Crippen LogP contribution in [0, 0.1) is 5.92 Å². The minimum absolute atomic E-state index is 0.0700. The second-order valence-corrected chi connectivity index (χ2v) is 4.90. The number of hydrogen-bond donors (Lipinski definition) is 2. The van der Waals surface area contributed by atoms with Crippen molar-refractivity contribution in [2.24, 2.45) is 5.92 Å². The van der Waals surface area contributed by atoms with E-state index >= 15 is 0 Å². The van der Waals surface area contributed by atoms with Gasteiger partial charge in [0.25, 0.3) is 5.91 Å². The van der Waals surface area contributed by atoms with E-state index in [1.54, 1.807) is 18.2 Å². The fourth-order valence-corrected chi connectivity index (χ4v) is 1.86. The van der Waals surface area contributed by atoms with Crippen molar-refractivity contribution in [1.82, 2.24) is 5.32 Å². The van der Waals surface area contributed by atoms with Crippen molar-refractivity contribution in [1.29, 1.82) is 0 Å². The maximum Gasteiger partial charge on any atom is 0.308 e. The standard InChI is InChI=1S/C11H11BrClNO3/c1-6(11(16)17)5-14-10(15)8-3-2-7(12)4-9(8)13/h2-4,6H,5H2,1H3,(H,14,15)(H,16,17). The van der Waals surface area contributed by atoms with Gasteiger partial charge < -0.3 is 10.4 Å². The van der Waals surface area contributed by atoms with E-state index in [4.69, 9.17) is 16.7 Å². The summed E-state index contributed by atoms with van der Waals surface area (Å²) in [6.07, 6.45) is 0. The summed E-state index contributed by atoms with van der Waals surface area (Å²) < 4.78 is 0.776. The maximum atomic E-state index is 11.7. The van der Waals surface area contributed by atoms with E-state index in [1.807, 2.05) is 0 Å². The fraction of sp³-hybridized carbons (Fsp3) is 0.273. The molecule has 2 N–H and O–H groups in total. The van der Waals surface area contributed by atoms with Crippen LogP contribution in [0.3, 0.4) is 0 Å². The first-order chi connectivity index (χ1) is 7.91. The zero-order valence-corrected chi connectivity index (χ0v) is 11.4. The number of carbonyl (C=O) groups excluding carboxylic acids is 1. The van der Waals surface area contributed by atoms with Gasteiger partial charge in [-0.3, -0.25) is 9.59 Å². The molecule has 0 saturated heterocycles. The average molecular weight is 321 g/mol. The van der Waals surface area contributed by atoms with Crippen LogP contribution in [0.2, 0.25) is 5.02 Å². The van der Waals surface area contributed by atoms with Crippen LogP contribution in [-0.4, -0.2) is 23.5 Å². The van der Waals surface area contributed by atoms with Gasteiger partial charge in [0.2, 0.25) is 0 Å². The Morgan fingerprint density at radius 3 is 2.71 bits per heavy atom. The molecule has 1 aromatic rings. The third kappa shape index (κ3) is 4.02. The Morgan fingerprint density at radius 1 is 1.53 bits per heavy atom. The van der Waals surface area contributed by atoms with E-state index in [2.05, 4.69) is 21.2 Å². The van der Waals surface area contributed by atoms with Gasteiger partial charge in [-0.25, -0.2) is 0 Å². The summed E-state index contributed by atoms with van der Waals surface area (Å²) in [4.78, 5) is 22.3. The molecule has 0 aliphatic rings. The van der Waals surface area contributed by atoms with Crippen LogP contribution in [-0.2, 0) is 4.79 Å². The van der Waals surface area contributed by atoms with Crippen LogP contribution in [0.1, 0.15) is 17.3 Å². The smallest absolute Gasteiger partial charge is 0.308 e. The van der Waals surface area contributed by atoms with Crippen LogP contribution in [0.25, 0.3) is 0 Å². The number of amides is 1. The normalized spacial score (nSPS) is 11.9. The monoisotopic (exact) mass is 319 g/mol. The predicted octanol–water partition coefficient (Wildman–Crippen LogP) is 2.55. The summed E-state index contributed by atoms with van der Waals surface area (Å²) in [5.41, 5.74) is 0.326. The van der Waals surface area contributed by atoms with E-state index in [1.165, 1.54) is 6.92 Å². The molecular formula is C11H11BrClNO3. The van der Waals surface area contributed by atoms with Crippen molar-refractivity contribution in [2.45, 2.75) is 6.92 Å². The number of aliphatic carboxylic acids is 1. The van der Waals surface area contributed by atoms with Crippen LogP contribution in [0.4, 0.5) is 0 Å². The van der Waals surface area contributed by atoms with Crippen molar-refractivity contribution < 1.29 is 14.7 Å². The molecule has 0 aromatic heterocycles. The summed E-state index contributed by atoms with van der Waals surface area (Å²) >= 11 is 9.13. The molecule has 0 bridgehead atoms. The third-order valence-corrected chi connectivity index (χ3v) is 2.97. The summed E-state index contributed by atoms with van der Waals surface area (Å²) in [5, 5.41) is 11.5. The number of halogens is 2. The van der Waals surface area contributed by atoms with Crippen molar-refractivity contribution in [3.8, 4) is 0 Å². The molecule has 0 fully saturated rings. The van der Waals surface area contributed by atoms with Crippen LogP contribution in [0.15, 0.2) is 22.7 Å². The average Bonchev–Trinajstić information content (AvgIpc) is 2.25. The second-order valence-electron chi connectivity index (χ2n) is 3.57. The second kappa shape index (κ2) is 6.02. The lowest BCUT2D eigenvalue weighted by Gasteiger charge is -2.09. The van der Waals surface area contributed by atoms with Crippen LogP contribution >= 0.6 is 27.5 Å². The van der Waals surface area contributed by atoms with Crippen molar-refractivity contribution in [2.75, 3.05) is 6.54 Å². The first-order valence-corrected chi connectivity index (χ1v) is 6.05. The Hall–Kier alpha value is -1.07. The molecule has 0 spiro atoms. The van der Waals surface area contributed by atoms with Gasteiger partial charge in [-0.15, -0.1) is 0 Å². The predicted molar refractivity (Wildman–Crippen MR) is 68.3 cm³/mol. The molecule has 1 rings (SSSR count). The fourth-order valence-electron chi connectivity index (χ4n) is 1.10. The number of hydrogen-bond acceptors (Lipinski definition) is 2. The molecule has 0 radical (unpaired) electrons. The van der Waals surface area contributed by atoms with Crippen molar-refractivity contribution in [3.63, 3.8) is 0 Å². The third-order valence-electron chi connectivity index (χ3n) is 2.17. The Labute approximate surface area is 112 Å². The number of rotatable bonds is 4. The lowest BCUT2D eigenvalue weighted by atomic mass is 10.1. The minimum Gasteiger partial charge on any atom is -0.481 e. The molecule has 92 valence electrons. The zero-order chi connectivity index (χ0) is 13.0. The Morgan fingerprint density at radius 2 is 2.18 bits per heavy atom.